The first-order valence-electron chi connectivity index (χ1n) is 5.25. The van der Waals surface area contributed by atoms with Gasteiger partial charge in [-0.3, -0.25) is 0 Å². The third kappa shape index (κ3) is 1.87. The molecule has 0 aliphatic carbocycles. The summed E-state index contributed by atoms with van der Waals surface area (Å²) in [6, 6.07) is 4.22. The largest absolute Gasteiger partial charge is 0.485 e. The van der Waals surface area contributed by atoms with Crippen molar-refractivity contribution >= 4 is 5.97 Å². The van der Waals surface area contributed by atoms with Gasteiger partial charge >= 0.3 is 5.97 Å². The Balaban J connectivity index is 2.50. The molecule has 0 fully saturated rings. The number of fused-ring (bicyclic) bond motifs is 1. The minimum Gasteiger partial charge on any atom is -0.485 e. The molecule has 2 unspecified atom stereocenters. The van der Waals surface area contributed by atoms with Gasteiger partial charge in [0.15, 0.2) is 0 Å². The number of ether oxygens (including phenoxy) is 1. The maximum Gasteiger partial charge on any atom is 0.335 e. The summed E-state index contributed by atoms with van der Waals surface area (Å²) in [5.74, 6) is -0.683. The summed E-state index contributed by atoms with van der Waals surface area (Å²) in [5.41, 5.74) is -0.549. The molecule has 2 atom stereocenters. The molecule has 0 bridgehead atoms. The standard InChI is InChI=1S/C12H14O5/c1-12(2)10(14)9(13)7-5-6(11(15)16)3-4-8(7)17-12/h3-5,9-10,13-14H,1-2H3,(H,15,16). The zero-order chi connectivity index (χ0) is 12.8. The molecule has 0 saturated carbocycles. The van der Waals surface area contributed by atoms with E-state index in [-0.39, 0.29) is 5.56 Å². The Labute approximate surface area is 98.3 Å². The number of aromatic carboxylic acids is 1. The smallest absolute Gasteiger partial charge is 0.335 e. The van der Waals surface area contributed by atoms with Crippen LogP contribution in [0.15, 0.2) is 18.2 Å². The maximum atomic E-state index is 10.8. The van der Waals surface area contributed by atoms with E-state index >= 15 is 0 Å². The van der Waals surface area contributed by atoms with Crippen LogP contribution in [-0.2, 0) is 0 Å². The summed E-state index contributed by atoms with van der Waals surface area (Å²) in [6.45, 7) is 3.32. The van der Waals surface area contributed by atoms with Crippen LogP contribution >= 0.6 is 0 Å². The van der Waals surface area contributed by atoms with E-state index in [1.54, 1.807) is 13.8 Å². The summed E-state index contributed by atoms with van der Waals surface area (Å²) >= 11 is 0. The molecule has 5 heteroatoms. The van der Waals surface area contributed by atoms with Gasteiger partial charge in [0.05, 0.1) is 5.56 Å². The van der Waals surface area contributed by atoms with Crippen LogP contribution in [-0.4, -0.2) is 33.0 Å². The first kappa shape index (κ1) is 11.9. The van der Waals surface area contributed by atoms with Gasteiger partial charge in [-0.05, 0) is 32.0 Å². The summed E-state index contributed by atoms with van der Waals surface area (Å²) < 4.78 is 5.53. The third-order valence-corrected chi connectivity index (χ3v) is 2.96. The summed E-state index contributed by atoms with van der Waals surface area (Å²) in [4.78, 5) is 10.8. The molecule has 1 heterocycles. The molecule has 0 saturated heterocycles. The molecular formula is C12H14O5. The lowest BCUT2D eigenvalue weighted by Crippen LogP contribution is -2.48. The van der Waals surface area contributed by atoms with Gasteiger partial charge in [0.2, 0.25) is 0 Å². The molecule has 0 amide bonds. The highest BCUT2D eigenvalue weighted by molar-refractivity contribution is 5.88. The third-order valence-electron chi connectivity index (χ3n) is 2.96. The van der Waals surface area contributed by atoms with Crippen LogP contribution in [0.3, 0.4) is 0 Å². The summed E-state index contributed by atoms with van der Waals surface area (Å²) in [6.07, 6.45) is -2.24. The summed E-state index contributed by atoms with van der Waals surface area (Å²) in [5, 5.41) is 28.7. The second-order valence-electron chi connectivity index (χ2n) is 4.65. The molecule has 92 valence electrons. The van der Waals surface area contributed by atoms with Gasteiger partial charge in [0.1, 0.15) is 23.6 Å². The molecule has 0 aromatic heterocycles. The normalized spacial score (nSPS) is 25.9. The van der Waals surface area contributed by atoms with E-state index in [1.165, 1.54) is 18.2 Å². The number of benzene rings is 1. The first-order chi connectivity index (χ1) is 7.83. The fourth-order valence-electron chi connectivity index (χ4n) is 1.90. The first-order valence-corrected chi connectivity index (χ1v) is 5.25. The fraction of sp³-hybridized carbons (Fsp3) is 0.417. The monoisotopic (exact) mass is 238 g/mol. The molecule has 1 aromatic carbocycles. The van der Waals surface area contributed by atoms with Crippen molar-refractivity contribution in [1.29, 1.82) is 0 Å². The molecule has 0 radical (unpaired) electrons. The lowest BCUT2D eigenvalue weighted by atomic mass is 9.88. The van der Waals surface area contributed by atoms with Crippen molar-refractivity contribution in [2.75, 3.05) is 0 Å². The van der Waals surface area contributed by atoms with Gasteiger partial charge in [0.25, 0.3) is 0 Å². The van der Waals surface area contributed by atoms with Crippen LogP contribution in [0.1, 0.15) is 35.9 Å². The Morgan fingerprint density at radius 3 is 2.59 bits per heavy atom. The van der Waals surface area contributed by atoms with E-state index in [2.05, 4.69) is 0 Å². The van der Waals surface area contributed by atoms with Gasteiger partial charge < -0.3 is 20.1 Å². The van der Waals surface area contributed by atoms with Crippen molar-refractivity contribution in [3.8, 4) is 5.75 Å². The molecule has 17 heavy (non-hydrogen) atoms. The van der Waals surface area contributed by atoms with Crippen LogP contribution in [0, 0.1) is 0 Å². The average Bonchev–Trinajstić information content (AvgIpc) is 2.25. The summed E-state index contributed by atoms with van der Waals surface area (Å²) in [7, 11) is 0. The molecule has 1 aromatic rings. The Hall–Kier alpha value is -1.59. The number of hydrogen-bond donors (Lipinski definition) is 3. The lowest BCUT2D eigenvalue weighted by Gasteiger charge is -2.40. The zero-order valence-corrected chi connectivity index (χ0v) is 9.54. The van der Waals surface area contributed by atoms with E-state index in [9.17, 15) is 15.0 Å². The van der Waals surface area contributed by atoms with Crippen LogP contribution in [0.5, 0.6) is 5.75 Å². The molecule has 1 aliphatic rings. The van der Waals surface area contributed by atoms with Crippen molar-refractivity contribution in [2.24, 2.45) is 0 Å². The molecule has 1 aliphatic heterocycles. The van der Waals surface area contributed by atoms with E-state index in [1.807, 2.05) is 0 Å². The fourth-order valence-corrected chi connectivity index (χ4v) is 1.90. The van der Waals surface area contributed by atoms with E-state index in [0.29, 0.717) is 11.3 Å². The Kier molecular flexibility index (Phi) is 2.60. The van der Waals surface area contributed by atoms with Gasteiger partial charge in [-0.1, -0.05) is 0 Å². The highest BCUT2D eigenvalue weighted by Crippen LogP contribution is 2.39. The van der Waals surface area contributed by atoms with Crippen molar-refractivity contribution < 1.29 is 24.9 Å². The van der Waals surface area contributed by atoms with Crippen molar-refractivity contribution in [3.05, 3.63) is 29.3 Å². The minimum absolute atomic E-state index is 0.0540. The number of carboxylic acid groups (broad SMARTS) is 1. The van der Waals surface area contributed by atoms with Crippen LogP contribution in [0.4, 0.5) is 0 Å². The molecule has 0 spiro atoms. The number of aliphatic hydroxyl groups excluding tert-OH is 2. The second kappa shape index (κ2) is 3.72. The van der Waals surface area contributed by atoms with E-state index in [0.717, 1.165) is 0 Å². The topological polar surface area (TPSA) is 87.0 Å². The Morgan fingerprint density at radius 2 is 2.00 bits per heavy atom. The number of carboxylic acids is 1. The highest BCUT2D eigenvalue weighted by Gasteiger charge is 2.42. The Morgan fingerprint density at radius 1 is 1.35 bits per heavy atom. The van der Waals surface area contributed by atoms with Gasteiger partial charge in [-0.25, -0.2) is 4.79 Å². The quantitative estimate of drug-likeness (QED) is 0.678. The van der Waals surface area contributed by atoms with Crippen molar-refractivity contribution in [1.82, 2.24) is 0 Å². The van der Waals surface area contributed by atoms with Crippen LogP contribution in [0.2, 0.25) is 0 Å². The van der Waals surface area contributed by atoms with Gasteiger partial charge in [-0.15, -0.1) is 0 Å². The number of carbonyl (C=O) groups is 1. The SMILES string of the molecule is CC1(C)Oc2ccc(C(=O)O)cc2C(O)C1O. The maximum absolute atomic E-state index is 10.8. The van der Waals surface area contributed by atoms with Gasteiger partial charge in [0, 0.05) is 5.56 Å². The number of hydrogen-bond acceptors (Lipinski definition) is 4. The van der Waals surface area contributed by atoms with Crippen LogP contribution in [0.25, 0.3) is 0 Å². The Bertz CT molecular complexity index is 466. The minimum atomic E-state index is -1.15. The highest BCUT2D eigenvalue weighted by atomic mass is 16.5. The molecular weight excluding hydrogens is 224 g/mol. The number of aliphatic hydroxyl groups is 2. The second-order valence-corrected chi connectivity index (χ2v) is 4.65. The van der Waals surface area contributed by atoms with E-state index < -0.39 is 23.8 Å². The van der Waals surface area contributed by atoms with E-state index in [4.69, 9.17) is 9.84 Å². The average molecular weight is 238 g/mol. The van der Waals surface area contributed by atoms with Gasteiger partial charge in [-0.2, -0.15) is 0 Å². The zero-order valence-electron chi connectivity index (χ0n) is 9.54. The molecule has 5 nitrogen and oxygen atoms in total. The van der Waals surface area contributed by atoms with Crippen molar-refractivity contribution in [2.45, 2.75) is 31.7 Å². The predicted octanol–water partition coefficient (Wildman–Crippen LogP) is 0.950. The molecule has 3 N–H and O–H groups in total. The lowest BCUT2D eigenvalue weighted by molar-refractivity contribution is -0.111. The van der Waals surface area contributed by atoms with Crippen LogP contribution < -0.4 is 4.74 Å². The molecule has 2 rings (SSSR count). The number of rotatable bonds is 1. The van der Waals surface area contributed by atoms with Crippen molar-refractivity contribution in [3.63, 3.8) is 0 Å². The predicted molar refractivity (Wildman–Crippen MR) is 59.1 cm³/mol.